The monoisotopic (exact) mass is 397 g/mol. The van der Waals surface area contributed by atoms with Crippen molar-refractivity contribution in [3.63, 3.8) is 0 Å². The molecule has 1 aliphatic rings. The maximum Gasteiger partial charge on any atom is 0.227 e. The van der Waals surface area contributed by atoms with Gasteiger partial charge in [0.25, 0.3) is 0 Å². The molecule has 2 N–H and O–H groups in total. The first-order valence-corrected chi connectivity index (χ1v) is 9.57. The number of para-hydroxylation sites is 1. The highest BCUT2D eigenvalue weighted by Gasteiger charge is 2.35. The average Bonchev–Trinajstić information content (AvgIpc) is 3.09. The van der Waals surface area contributed by atoms with Crippen molar-refractivity contribution in [1.82, 2.24) is 5.32 Å². The van der Waals surface area contributed by atoms with Gasteiger partial charge in [0.05, 0.1) is 11.6 Å². The third-order valence-corrected chi connectivity index (χ3v) is 4.85. The third kappa shape index (κ3) is 4.99. The van der Waals surface area contributed by atoms with E-state index in [4.69, 9.17) is 0 Å². The van der Waals surface area contributed by atoms with Crippen LogP contribution in [0.15, 0.2) is 48.5 Å². The van der Waals surface area contributed by atoms with Crippen LogP contribution in [0.25, 0.3) is 0 Å². The molecule has 152 valence electrons. The summed E-state index contributed by atoms with van der Waals surface area (Å²) >= 11 is 0. The van der Waals surface area contributed by atoms with Crippen molar-refractivity contribution in [2.75, 3.05) is 16.8 Å². The maximum absolute atomic E-state index is 13.9. The molecule has 0 aromatic heterocycles. The van der Waals surface area contributed by atoms with Crippen LogP contribution in [0, 0.1) is 17.7 Å². The number of hydrogen-bond donors (Lipinski definition) is 2. The molecule has 0 spiro atoms. The highest BCUT2D eigenvalue weighted by Crippen LogP contribution is 2.27. The van der Waals surface area contributed by atoms with Gasteiger partial charge in [-0.2, -0.15) is 0 Å². The zero-order valence-electron chi connectivity index (χ0n) is 16.4. The second-order valence-electron chi connectivity index (χ2n) is 7.42. The first-order valence-electron chi connectivity index (χ1n) is 9.57. The Kier molecular flexibility index (Phi) is 6.26. The molecule has 1 atom stereocenters. The predicted molar refractivity (Wildman–Crippen MR) is 109 cm³/mol. The van der Waals surface area contributed by atoms with Crippen molar-refractivity contribution in [3.8, 4) is 0 Å². The Labute approximate surface area is 169 Å². The minimum absolute atomic E-state index is 0.0559. The van der Waals surface area contributed by atoms with Crippen LogP contribution in [0.4, 0.5) is 15.8 Å². The first kappa shape index (κ1) is 20.5. The third-order valence-electron chi connectivity index (χ3n) is 4.85. The van der Waals surface area contributed by atoms with Crippen molar-refractivity contribution < 1.29 is 18.8 Å². The van der Waals surface area contributed by atoms with Gasteiger partial charge in [-0.25, -0.2) is 4.39 Å². The van der Waals surface area contributed by atoms with Crippen molar-refractivity contribution in [2.45, 2.75) is 26.8 Å². The fraction of sp³-hybridized carbons (Fsp3) is 0.318. The number of amides is 3. The Bertz CT molecular complexity index is 912. The van der Waals surface area contributed by atoms with Crippen molar-refractivity contribution >= 4 is 29.1 Å². The van der Waals surface area contributed by atoms with E-state index in [1.54, 1.807) is 24.3 Å². The van der Waals surface area contributed by atoms with Crippen molar-refractivity contribution in [1.29, 1.82) is 0 Å². The molecule has 0 radical (unpaired) electrons. The molecule has 1 saturated heterocycles. The number of carbonyl (C=O) groups excluding carboxylic acids is 3. The van der Waals surface area contributed by atoms with Crippen LogP contribution in [0.5, 0.6) is 0 Å². The Balaban J connectivity index is 1.54. The topological polar surface area (TPSA) is 78.5 Å². The van der Waals surface area contributed by atoms with E-state index < -0.39 is 11.7 Å². The molecular formula is C22H24FN3O3. The Hall–Kier alpha value is -3.22. The average molecular weight is 397 g/mol. The van der Waals surface area contributed by atoms with Crippen LogP contribution in [0.2, 0.25) is 0 Å². The van der Waals surface area contributed by atoms with E-state index in [1.807, 2.05) is 26.0 Å². The van der Waals surface area contributed by atoms with Gasteiger partial charge in [0, 0.05) is 31.1 Å². The van der Waals surface area contributed by atoms with Gasteiger partial charge in [-0.15, -0.1) is 0 Å². The maximum atomic E-state index is 13.9. The Morgan fingerprint density at radius 3 is 2.48 bits per heavy atom. The molecule has 1 aliphatic heterocycles. The van der Waals surface area contributed by atoms with E-state index in [0.29, 0.717) is 12.2 Å². The summed E-state index contributed by atoms with van der Waals surface area (Å²) in [7, 11) is 0. The lowest BCUT2D eigenvalue weighted by Gasteiger charge is -2.17. The smallest absolute Gasteiger partial charge is 0.227 e. The van der Waals surface area contributed by atoms with Crippen LogP contribution in [0.3, 0.4) is 0 Å². The van der Waals surface area contributed by atoms with E-state index in [9.17, 15) is 18.8 Å². The zero-order chi connectivity index (χ0) is 21.0. The molecule has 0 aliphatic carbocycles. The summed E-state index contributed by atoms with van der Waals surface area (Å²) in [4.78, 5) is 37.7. The number of benzene rings is 2. The molecule has 1 heterocycles. The lowest BCUT2D eigenvalue weighted by molar-refractivity contribution is -0.126. The van der Waals surface area contributed by atoms with Crippen LogP contribution in [-0.4, -0.2) is 24.3 Å². The van der Waals surface area contributed by atoms with Gasteiger partial charge >= 0.3 is 0 Å². The number of anilines is 2. The molecule has 3 rings (SSSR count). The number of rotatable bonds is 6. The first-order chi connectivity index (χ1) is 13.8. The molecule has 0 bridgehead atoms. The minimum atomic E-state index is -0.522. The molecule has 3 amide bonds. The van der Waals surface area contributed by atoms with Gasteiger partial charge in [0.15, 0.2) is 0 Å². The normalized spacial score (nSPS) is 16.2. The minimum Gasteiger partial charge on any atom is -0.352 e. The highest BCUT2D eigenvalue weighted by molar-refractivity contribution is 6.00. The van der Waals surface area contributed by atoms with E-state index >= 15 is 0 Å². The van der Waals surface area contributed by atoms with Crippen molar-refractivity contribution in [2.24, 2.45) is 11.8 Å². The molecule has 2 aromatic rings. The summed E-state index contributed by atoms with van der Waals surface area (Å²) in [5.74, 6) is -1.67. The van der Waals surface area contributed by atoms with Gasteiger partial charge in [0.1, 0.15) is 5.82 Å². The highest BCUT2D eigenvalue weighted by atomic mass is 19.1. The summed E-state index contributed by atoms with van der Waals surface area (Å²) in [6.07, 6.45) is 0.0559. The van der Waals surface area contributed by atoms with Gasteiger partial charge in [-0.1, -0.05) is 38.1 Å². The van der Waals surface area contributed by atoms with Crippen LogP contribution >= 0.6 is 0 Å². The van der Waals surface area contributed by atoms with Gasteiger partial charge in [0.2, 0.25) is 17.7 Å². The molecular weight excluding hydrogens is 373 g/mol. The molecule has 29 heavy (non-hydrogen) atoms. The van der Waals surface area contributed by atoms with E-state index in [0.717, 1.165) is 5.56 Å². The summed E-state index contributed by atoms with van der Waals surface area (Å²) in [6.45, 7) is 4.11. The summed E-state index contributed by atoms with van der Waals surface area (Å²) < 4.78 is 13.9. The predicted octanol–water partition coefficient (Wildman–Crippen LogP) is 3.09. The number of halogens is 1. The molecule has 0 unspecified atom stereocenters. The van der Waals surface area contributed by atoms with Crippen LogP contribution < -0.4 is 15.5 Å². The number of carbonyl (C=O) groups is 3. The molecule has 2 aromatic carbocycles. The molecule has 0 saturated carbocycles. The molecule has 1 fully saturated rings. The fourth-order valence-corrected chi connectivity index (χ4v) is 3.11. The van der Waals surface area contributed by atoms with Gasteiger partial charge < -0.3 is 15.5 Å². The number of nitrogens with zero attached hydrogens (tertiary/aromatic N) is 1. The second kappa shape index (κ2) is 8.86. The summed E-state index contributed by atoms with van der Waals surface area (Å²) in [6, 6.07) is 13.2. The zero-order valence-corrected chi connectivity index (χ0v) is 16.4. The second-order valence-corrected chi connectivity index (χ2v) is 7.42. The van der Waals surface area contributed by atoms with E-state index in [-0.39, 0.29) is 42.3 Å². The van der Waals surface area contributed by atoms with E-state index in [2.05, 4.69) is 10.6 Å². The quantitative estimate of drug-likeness (QED) is 0.786. The SMILES string of the molecule is CC(C)C(=O)Nc1ccc(CNC(=O)[C@@H]2CC(=O)N(c3ccccc3F)C2)cc1. The lowest BCUT2D eigenvalue weighted by Crippen LogP contribution is -2.32. The standard InChI is InChI=1S/C22H24FN3O3/c1-14(2)21(28)25-17-9-7-15(8-10-17)12-24-22(29)16-11-20(27)26(13-16)19-6-4-3-5-18(19)23/h3-10,14,16H,11-13H2,1-2H3,(H,24,29)(H,25,28)/t16-/m1/s1. The number of nitrogens with one attached hydrogen (secondary N) is 2. The van der Waals surface area contributed by atoms with Crippen LogP contribution in [-0.2, 0) is 20.9 Å². The van der Waals surface area contributed by atoms with Gasteiger partial charge in [-0.05, 0) is 29.8 Å². The Morgan fingerprint density at radius 2 is 1.83 bits per heavy atom. The van der Waals surface area contributed by atoms with E-state index in [1.165, 1.54) is 17.0 Å². The van der Waals surface area contributed by atoms with Crippen molar-refractivity contribution in [3.05, 3.63) is 59.9 Å². The van der Waals surface area contributed by atoms with Crippen LogP contribution in [0.1, 0.15) is 25.8 Å². The fourth-order valence-electron chi connectivity index (χ4n) is 3.11. The summed E-state index contributed by atoms with van der Waals surface area (Å²) in [5, 5.41) is 5.64. The Morgan fingerprint density at radius 1 is 1.14 bits per heavy atom. The van der Waals surface area contributed by atoms with Gasteiger partial charge in [-0.3, -0.25) is 14.4 Å². The molecule has 7 heteroatoms. The number of hydrogen-bond acceptors (Lipinski definition) is 3. The lowest BCUT2D eigenvalue weighted by atomic mass is 10.1. The largest absolute Gasteiger partial charge is 0.352 e. The summed E-state index contributed by atoms with van der Waals surface area (Å²) in [5.41, 5.74) is 1.77. The molecule has 6 nitrogen and oxygen atoms in total.